The zero-order chi connectivity index (χ0) is 20.8. The van der Waals surface area contributed by atoms with E-state index in [0.717, 1.165) is 12.8 Å². The minimum Gasteiger partial charge on any atom is -0.494 e. The number of aryl methyl sites for hydroxylation is 1. The first-order chi connectivity index (χ1) is 13.8. The summed E-state index contributed by atoms with van der Waals surface area (Å²) >= 11 is 6.10. The molecule has 9 heteroatoms. The highest BCUT2D eigenvalue weighted by Crippen LogP contribution is 2.40. The summed E-state index contributed by atoms with van der Waals surface area (Å²) in [6.45, 7) is 3.65. The van der Waals surface area contributed by atoms with Gasteiger partial charge in [-0.3, -0.25) is 4.79 Å². The number of amides is 1. The predicted octanol–water partition coefficient (Wildman–Crippen LogP) is 4.23. The van der Waals surface area contributed by atoms with Crippen molar-refractivity contribution in [3.8, 4) is 5.75 Å². The Morgan fingerprint density at radius 1 is 1.38 bits per heavy atom. The third kappa shape index (κ3) is 3.60. The molecule has 29 heavy (non-hydrogen) atoms. The zero-order valence-electron chi connectivity index (χ0n) is 16.2. The number of hydrogen-bond donors (Lipinski definition) is 2. The van der Waals surface area contributed by atoms with E-state index in [1.165, 1.54) is 25.6 Å². The number of methoxy groups -OCH3 is 1. The molecule has 152 valence electrons. The monoisotopic (exact) mass is 418 g/mol. The molecule has 0 unspecified atom stereocenters. The second-order valence-electron chi connectivity index (χ2n) is 7.35. The lowest BCUT2D eigenvalue weighted by Crippen LogP contribution is -2.25. The fourth-order valence-corrected chi connectivity index (χ4v) is 3.38. The number of ether oxygens (including phenoxy) is 1. The second-order valence-corrected chi connectivity index (χ2v) is 7.75. The second kappa shape index (κ2) is 7.18. The third-order valence-corrected chi connectivity index (χ3v) is 5.46. The lowest BCUT2D eigenvalue weighted by molar-refractivity contribution is 0.0950. The molecule has 3 aromatic rings. The van der Waals surface area contributed by atoms with Crippen LogP contribution in [0.25, 0.3) is 11.1 Å². The van der Waals surface area contributed by atoms with Crippen LogP contribution >= 0.6 is 11.6 Å². The maximum Gasteiger partial charge on any atom is 0.255 e. The molecule has 2 aromatic heterocycles. The van der Waals surface area contributed by atoms with Crippen LogP contribution in [-0.2, 0) is 6.54 Å². The standard InChI is InChI=1S/C20H20ClFN4O3/c1-10-14(15-17(26-20(2)6-7-20)24-9-25-19(15)29-10)18(27)23-8-11-12(21)4-5-13(28-3)16(11)22/h4-5,9H,6-8H2,1-3H3,(H,23,27)(H,24,25,26). The number of nitrogens with zero attached hydrogens (tertiary/aromatic N) is 2. The molecule has 1 amide bonds. The maximum atomic E-state index is 14.5. The van der Waals surface area contributed by atoms with Crippen molar-refractivity contribution in [2.45, 2.75) is 38.8 Å². The van der Waals surface area contributed by atoms with E-state index in [1.54, 1.807) is 6.92 Å². The molecule has 4 rings (SSSR count). The molecule has 0 saturated heterocycles. The summed E-state index contributed by atoms with van der Waals surface area (Å²) in [5.74, 6) is -0.0392. The highest BCUT2D eigenvalue weighted by atomic mass is 35.5. The molecular formula is C20H20ClFN4O3. The Bertz CT molecular complexity index is 1110. The lowest BCUT2D eigenvalue weighted by atomic mass is 10.1. The van der Waals surface area contributed by atoms with Crippen LogP contribution in [0, 0.1) is 12.7 Å². The van der Waals surface area contributed by atoms with Gasteiger partial charge in [0.1, 0.15) is 17.9 Å². The van der Waals surface area contributed by atoms with Gasteiger partial charge in [0.2, 0.25) is 5.71 Å². The van der Waals surface area contributed by atoms with E-state index in [9.17, 15) is 9.18 Å². The maximum absolute atomic E-state index is 14.5. The number of nitrogens with one attached hydrogen (secondary N) is 2. The van der Waals surface area contributed by atoms with Crippen LogP contribution in [0.15, 0.2) is 22.9 Å². The number of furan rings is 1. The van der Waals surface area contributed by atoms with Crippen LogP contribution < -0.4 is 15.4 Å². The first-order valence-electron chi connectivity index (χ1n) is 9.14. The Kier molecular flexibility index (Phi) is 4.82. The first kappa shape index (κ1) is 19.4. The number of carbonyl (C=O) groups is 1. The summed E-state index contributed by atoms with van der Waals surface area (Å²) in [4.78, 5) is 21.4. The summed E-state index contributed by atoms with van der Waals surface area (Å²) in [5, 5.41) is 6.78. The van der Waals surface area contributed by atoms with Crippen molar-refractivity contribution in [2.24, 2.45) is 0 Å². The number of halogens is 2. The van der Waals surface area contributed by atoms with E-state index >= 15 is 0 Å². The molecule has 0 aliphatic heterocycles. The van der Waals surface area contributed by atoms with Crippen LogP contribution in [-0.4, -0.2) is 28.5 Å². The van der Waals surface area contributed by atoms with Crippen LogP contribution in [0.5, 0.6) is 5.75 Å². The van der Waals surface area contributed by atoms with Gasteiger partial charge in [0.05, 0.1) is 18.1 Å². The smallest absolute Gasteiger partial charge is 0.255 e. The summed E-state index contributed by atoms with van der Waals surface area (Å²) in [7, 11) is 1.37. The van der Waals surface area contributed by atoms with Crippen LogP contribution in [0.4, 0.5) is 10.2 Å². The van der Waals surface area contributed by atoms with E-state index < -0.39 is 11.7 Å². The van der Waals surface area contributed by atoms with Crippen LogP contribution in [0.2, 0.25) is 5.02 Å². The van der Waals surface area contributed by atoms with Gasteiger partial charge in [0.25, 0.3) is 5.91 Å². The summed E-state index contributed by atoms with van der Waals surface area (Å²) in [6, 6.07) is 2.96. The average molecular weight is 419 g/mol. The van der Waals surface area contributed by atoms with Crippen molar-refractivity contribution >= 4 is 34.4 Å². The third-order valence-electron chi connectivity index (χ3n) is 5.11. The molecule has 1 aliphatic rings. The minimum atomic E-state index is -0.610. The summed E-state index contributed by atoms with van der Waals surface area (Å²) < 4.78 is 25.1. The normalized spacial score (nSPS) is 14.7. The fraction of sp³-hybridized carbons (Fsp3) is 0.350. The number of rotatable bonds is 6. The number of hydrogen-bond acceptors (Lipinski definition) is 6. The summed E-state index contributed by atoms with van der Waals surface area (Å²) in [6.07, 6.45) is 3.43. The van der Waals surface area contributed by atoms with Gasteiger partial charge in [-0.25, -0.2) is 14.4 Å². The molecular weight excluding hydrogens is 399 g/mol. The van der Waals surface area contributed by atoms with Crippen molar-refractivity contribution in [3.05, 3.63) is 46.2 Å². The van der Waals surface area contributed by atoms with E-state index in [2.05, 4.69) is 27.5 Å². The number of anilines is 1. The molecule has 1 saturated carbocycles. The van der Waals surface area contributed by atoms with E-state index in [1.807, 2.05) is 0 Å². The Hall–Kier alpha value is -2.87. The number of benzene rings is 1. The molecule has 7 nitrogen and oxygen atoms in total. The van der Waals surface area contributed by atoms with Crippen molar-refractivity contribution in [1.82, 2.24) is 15.3 Å². The van der Waals surface area contributed by atoms with Crippen molar-refractivity contribution < 1.29 is 18.3 Å². The number of aromatic nitrogens is 2. The van der Waals surface area contributed by atoms with E-state index in [-0.39, 0.29) is 28.4 Å². The SMILES string of the molecule is COc1ccc(Cl)c(CNC(=O)c2c(C)oc3ncnc(NC4(C)CC4)c23)c1F. The van der Waals surface area contributed by atoms with Gasteiger partial charge >= 0.3 is 0 Å². The van der Waals surface area contributed by atoms with Gasteiger partial charge < -0.3 is 19.8 Å². The molecule has 2 N–H and O–H groups in total. The van der Waals surface area contributed by atoms with Crippen molar-refractivity contribution in [1.29, 1.82) is 0 Å². The van der Waals surface area contributed by atoms with Crippen LogP contribution in [0.1, 0.15) is 41.4 Å². The molecule has 1 aliphatic carbocycles. The first-order valence-corrected chi connectivity index (χ1v) is 9.52. The molecule has 0 spiro atoms. The van der Waals surface area contributed by atoms with E-state index in [4.69, 9.17) is 20.8 Å². The Labute approximate surface area is 171 Å². The van der Waals surface area contributed by atoms with E-state index in [0.29, 0.717) is 28.2 Å². The quantitative estimate of drug-likeness (QED) is 0.622. The predicted molar refractivity (Wildman–Crippen MR) is 107 cm³/mol. The Balaban J connectivity index is 1.65. The fourth-order valence-electron chi connectivity index (χ4n) is 3.16. The molecule has 1 fully saturated rings. The van der Waals surface area contributed by atoms with Gasteiger partial charge in [-0.1, -0.05) is 11.6 Å². The van der Waals surface area contributed by atoms with Gasteiger partial charge in [0.15, 0.2) is 11.6 Å². The summed E-state index contributed by atoms with van der Waals surface area (Å²) in [5.41, 5.74) is 0.731. The molecule has 0 bridgehead atoms. The highest BCUT2D eigenvalue weighted by molar-refractivity contribution is 6.31. The van der Waals surface area contributed by atoms with Gasteiger partial charge in [0, 0.05) is 22.7 Å². The number of fused-ring (bicyclic) bond motifs is 1. The number of carbonyl (C=O) groups excluding carboxylic acids is 1. The van der Waals surface area contributed by atoms with Gasteiger partial charge in [-0.15, -0.1) is 0 Å². The van der Waals surface area contributed by atoms with Crippen molar-refractivity contribution in [2.75, 3.05) is 12.4 Å². The topological polar surface area (TPSA) is 89.3 Å². The zero-order valence-corrected chi connectivity index (χ0v) is 17.0. The van der Waals surface area contributed by atoms with Crippen LogP contribution in [0.3, 0.4) is 0 Å². The minimum absolute atomic E-state index is 0.0442. The molecule has 0 radical (unpaired) electrons. The Morgan fingerprint density at radius 3 is 2.83 bits per heavy atom. The van der Waals surface area contributed by atoms with Crippen molar-refractivity contribution in [3.63, 3.8) is 0 Å². The molecule has 2 heterocycles. The highest BCUT2D eigenvalue weighted by Gasteiger charge is 2.38. The van der Waals surface area contributed by atoms with Gasteiger partial charge in [-0.2, -0.15) is 0 Å². The average Bonchev–Trinajstić information content (AvgIpc) is 3.29. The lowest BCUT2D eigenvalue weighted by Gasteiger charge is -2.13. The molecule has 0 atom stereocenters. The largest absolute Gasteiger partial charge is 0.494 e. The Morgan fingerprint density at radius 2 is 2.14 bits per heavy atom. The van der Waals surface area contributed by atoms with Gasteiger partial charge in [-0.05, 0) is 38.8 Å². The molecule has 1 aromatic carbocycles.